The highest BCUT2D eigenvalue weighted by atomic mass is 16.5. The molecule has 0 fully saturated rings. The molecule has 0 radical (unpaired) electrons. The lowest BCUT2D eigenvalue weighted by Crippen LogP contribution is -2.26. The molecule has 2 rings (SSSR count). The highest BCUT2D eigenvalue weighted by molar-refractivity contribution is 5.94. The van der Waals surface area contributed by atoms with Gasteiger partial charge in [-0.3, -0.25) is 4.79 Å². The number of rotatable bonds is 6. The first-order valence-electron chi connectivity index (χ1n) is 8.09. The smallest absolute Gasteiger partial charge is 0.251 e. The summed E-state index contributed by atoms with van der Waals surface area (Å²) in [7, 11) is 3.20. The number of carbonyl (C=O) groups is 1. The highest BCUT2D eigenvalue weighted by Gasteiger charge is 2.14. The first kappa shape index (κ1) is 17.9. The lowest BCUT2D eigenvalue weighted by molar-refractivity contribution is 0.0940. The van der Waals surface area contributed by atoms with Crippen molar-refractivity contribution in [1.82, 2.24) is 5.32 Å². The Bertz CT molecular complexity index is 693. The SMILES string of the molecule is COc1ccc(C(C)NC(=O)c2ccc(C(C)C)cc2)cc1OC. The Balaban J connectivity index is 2.11. The number of methoxy groups -OCH3 is 2. The van der Waals surface area contributed by atoms with Crippen LogP contribution in [0.3, 0.4) is 0 Å². The third-order valence-corrected chi connectivity index (χ3v) is 4.09. The predicted octanol–water partition coefficient (Wildman–Crippen LogP) is 4.32. The maximum absolute atomic E-state index is 12.4. The van der Waals surface area contributed by atoms with Crippen molar-refractivity contribution in [3.8, 4) is 11.5 Å². The van der Waals surface area contributed by atoms with Crippen LogP contribution in [0.5, 0.6) is 11.5 Å². The molecule has 2 aromatic rings. The van der Waals surface area contributed by atoms with E-state index in [2.05, 4.69) is 19.2 Å². The third kappa shape index (κ3) is 4.07. The van der Waals surface area contributed by atoms with Gasteiger partial charge in [-0.05, 0) is 48.2 Å². The van der Waals surface area contributed by atoms with Gasteiger partial charge >= 0.3 is 0 Å². The van der Waals surface area contributed by atoms with Gasteiger partial charge in [-0.1, -0.05) is 32.0 Å². The predicted molar refractivity (Wildman–Crippen MR) is 96.0 cm³/mol. The van der Waals surface area contributed by atoms with Crippen molar-refractivity contribution in [1.29, 1.82) is 0 Å². The minimum Gasteiger partial charge on any atom is -0.493 e. The zero-order valence-corrected chi connectivity index (χ0v) is 14.9. The van der Waals surface area contributed by atoms with Crippen LogP contribution in [0.2, 0.25) is 0 Å². The molecule has 24 heavy (non-hydrogen) atoms. The van der Waals surface area contributed by atoms with E-state index in [1.54, 1.807) is 14.2 Å². The summed E-state index contributed by atoms with van der Waals surface area (Å²) in [4.78, 5) is 12.4. The monoisotopic (exact) mass is 327 g/mol. The largest absolute Gasteiger partial charge is 0.493 e. The van der Waals surface area contributed by atoms with Gasteiger partial charge in [0, 0.05) is 5.56 Å². The molecule has 0 bridgehead atoms. The van der Waals surface area contributed by atoms with Crippen LogP contribution in [-0.2, 0) is 0 Å². The van der Waals surface area contributed by atoms with E-state index in [9.17, 15) is 4.79 Å². The molecule has 0 aromatic heterocycles. The van der Waals surface area contributed by atoms with Crippen LogP contribution < -0.4 is 14.8 Å². The van der Waals surface area contributed by atoms with Gasteiger partial charge < -0.3 is 14.8 Å². The van der Waals surface area contributed by atoms with Crippen molar-refractivity contribution >= 4 is 5.91 Å². The molecule has 0 aliphatic carbocycles. The topological polar surface area (TPSA) is 47.6 Å². The fourth-order valence-corrected chi connectivity index (χ4v) is 2.50. The normalized spacial score (nSPS) is 11.9. The Morgan fingerprint density at radius 2 is 1.46 bits per heavy atom. The van der Waals surface area contributed by atoms with Gasteiger partial charge in [0.1, 0.15) is 0 Å². The molecule has 0 aliphatic heterocycles. The van der Waals surface area contributed by atoms with E-state index in [4.69, 9.17) is 9.47 Å². The van der Waals surface area contributed by atoms with Crippen LogP contribution in [0.25, 0.3) is 0 Å². The van der Waals surface area contributed by atoms with Gasteiger partial charge in [0.2, 0.25) is 0 Å². The second-order valence-electron chi connectivity index (χ2n) is 6.09. The van der Waals surface area contributed by atoms with E-state index in [-0.39, 0.29) is 11.9 Å². The van der Waals surface area contributed by atoms with Crippen molar-refractivity contribution in [2.45, 2.75) is 32.7 Å². The van der Waals surface area contributed by atoms with Crippen LogP contribution in [0.1, 0.15) is 54.2 Å². The lowest BCUT2D eigenvalue weighted by Gasteiger charge is -2.17. The first-order valence-corrected chi connectivity index (χ1v) is 8.09. The van der Waals surface area contributed by atoms with Gasteiger partial charge in [0.15, 0.2) is 11.5 Å². The van der Waals surface area contributed by atoms with Crippen LogP contribution in [0.15, 0.2) is 42.5 Å². The Labute approximate surface area is 143 Å². The summed E-state index contributed by atoms with van der Waals surface area (Å²) < 4.78 is 10.6. The molecule has 1 unspecified atom stereocenters. The standard InChI is InChI=1S/C20H25NO3/c1-13(2)15-6-8-16(9-7-15)20(22)21-14(3)17-10-11-18(23-4)19(12-17)24-5/h6-14H,1-5H3,(H,21,22). The molecule has 128 valence electrons. The first-order chi connectivity index (χ1) is 11.5. The molecular formula is C20H25NO3. The van der Waals surface area contributed by atoms with Gasteiger partial charge in [0.25, 0.3) is 5.91 Å². The van der Waals surface area contributed by atoms with Crippen molar-refractivity contribution in [2.24, 2.45) is 0 Å². The molecule has 4 heteroatoms. The number of carbonyl (C=O) groups excluding carboxylic acids is 1. The van der Waals surface area contributed by atoms with E-state index in [1.165, 1.54) is 5.56 Å². The van der Waals surface area contributed by atoms with Crippen molar-refractivity contribution < 1.29 is 14.3 Å². The fraction of sp³-hybridized carbons (Fsp3) is 0.350. The Kier molecular flexibility index (Phi) is 5.85. The van der Waals surface area contributed by atoms with E-state index >= 15 is 0 Å². The number of ether oxygens (including phenoxy) is 2. The van der Waals surface area contributed by atoms with Crippen molar-refractivity contribution in [3.63, 3.8) is 0 Å². The number of amides is 1. The van der Waals surface area contributed by atoms with Crippen LogP contribution in [0, 0.1) is 0 Å². The van der Waals surface area contributed by atoms with Crippen molar-refractivity contribution in [3.05, 3.63) is 59.2 Å². The molecule has 0 saturated carbocycles. The van der Waals surface area contributed by atoms with E-state index in [0.717, 1.165) is 5.56 Å². The quantitative estimate of drug-likeness (QED) is 0.859. The molecule has 4 nitrogen and oxygen atoms in total. The molecule has 0 spiro atoms. The summed E-state index contributed by atoms with van der Waals surface area (Å²) in [5.74, 6) is 1.68. The summed E-state index contributed by atoms with van der Waals surface area (Å²) in [6.45, 7) is 6.21. The summed E-state index contributed by atoms with van der Waals surface area (Å²) in [5.41, 5.74) is 2.84. The average molecular weight is 327 g/mol. The number of hydrogen-bond acceptors (Lipinski definition) is 3. The minimum atomic E-state index is -0.137. The molecule has 1 amide bonds. The van der Waals surface area contributed by atoms with E-state index in [0.29, 0.717) is 23.0 Å². The molecule has 0 saturated heterocycles. The second kappa shape index (κ2) is 7.86. The zero-order chi connectivity index (χ0) is 17.7. The van der Waals surface area contributed by atoms with E-state index in [1.807, 2.05) is 49.4 Å². The Morgan fingerprint density at radius 1 is 0.875 bits per heavy atom. The maximum Gasteiger partial charge on any atom is 0.251 e. The number of hydrogen-bond donors (Lipinski definition) is 1. The molecule has 0 aliphatic rings. The van der Waals surface area contributed by atoms with Gasteiger partial charge in [-0.25, -0.2) is 0 Å². The molecule has 0 heterocycles. The molecule has 1 atom stereocenters. The number of benzene rings is 2. The Hall–Kier alpha value is -2.49. The summed E-state index contributed by atoms with van der Waals surface area (Å²) in [6.07, 6.45) is 0. The molecule has 2 aromatic carbocycles. The van der Waals surface area contributed by atoms with Gasteiger partial charge in [-0.15, -0.1) is 0 Å². The van der Waals surface area contributed by atoms with Crippen molar-refractivity contribution in [2.75, 3.05) is 14.2 Å². The molecule has 1 N–H and O–H groups in total. The second-order valence-corrected chi connectivity index (χ2v) is 6.09. The number of nitrogens with one attached hydrogen (secondary N) is 1. The van der Waals surface area contributed by atoms with Gasteiger partial charge in [-0.2, -0.15) is 0 Å². The summed E-state index contributed by atoms with van der Waals surface area (Å²) in [5, 5.41) is 3.01. The zero-order valence-electron chi connectivity index (χ0n) is 14.9. The highest BCUT2D eigenvalue weighted by Crippen LogP contribution is 2.30. The Morgan fingerprint density at radius 3 is 2.00 bits per heavy atom. The lowest BCUT2D eigenvalue weighted by atomic mass is 10.0. The maximum atomic E-state index is 12.4. The molecular weight excluding hydrogens is 302 g/mol. The fourth-order valence-electron chi connectivity index (χ4n) is 2.50. The minimum absolute atomic E-state index is 0.0902. The van der Waals surface area contributed by atoms with Crippen LogP contribution >= 0.6 is 0 Å². The average Bonchev–Trinajstić information content (AvgIpc) is 2.60. The van der Waals surface area contributed by atoms with Crippen LogP contribution in [-0.4, -0.2) is 20.1 Å². The van der Waals surface area contributed by atoms with Gasteiger partial charge in [0.05, 0.1) is 20.3 Å². The summed E-state index contributed by atoms with van der Waals surface area (Å²) >= 11 is 0. The van der Waals surface area contributed by atoms with Crippen LogP contribution in [0.4, 0.5) is 0 Å². The van der Waals surface area contributed by atoms with E-state index < -0.39 is 0 Å². The third-order valence-electron chi connectivity index (χ3n) is 4.09. The summed E-state index contributed by atoms with van der Waals surface area (Å²) in [6, 6.07) is 13.2.